The lowest BCUT2D eigenvalue weighted by atomic mass is 9.87. The number of carbonyl (C=O) groups excluding carboxylic acids is 1. The van der Waals surface area contributed by atoms with E-state index in [0.717, 1.165) is 5.56 Å². The van der Waals surface area contributed by atoms with Crippen molar-refractivity contribution >= 4 is 5.91 Å². The lowest BCUT2D eigenvalue weighted by Gasteiger charge is -2.40. The van der Waals surface area contributed by atoms with E-state index < -0.39 is 5.54 Å². The molecule has 0 aromatic heterocycles. The molecule has 0 heterocycles. The minimum Gasteiger partial charge on any atom is -0.334 e. The molecule has 0 saturated heterocycles. The van der Waals surface area contributed by atoms with Crippen LogP contribution in [-0.2, 0) is 4.79 Å². The van der Waals surface area contributed by atoms with Crippen molar-refractivity contribution in [1.29, 1.82) is 0 Å². The number of hydrogen-bond donors (Lipinski definition) is 1. The summed E-state index contributed by atoms with van der Waals surface area (Å²) in [5, 5.41) is 0. The van der Waals surface area contributed by atoms with Crippen LogP contribution in [0.25, 0.3) is 0 Å². The largest absolute Gasteiger partial charge is 0.334 e. The molecule has 1 aromatic rings. The van der Waals surface area contributed by atoms with Crippen LogP contribution >= 0.6 is 0 Å². The van der Waals surface area contributed by atoms with Gasteiger partial charge in [0.1, 0.15) is 0 Å². The number of nitrogens with two attached hydrogens (primary N) is 1. The number of rotatable bonds is 5. The summed E-state index contributed by atoms with van der Waals surface area (Å²) < 4.78 is 0. The van der Waals surface area contributed by atoms with Crippen LogP contribution in [0, 0.1) is 5.92 Å². The lowest BCUT2D eigenvalue weighted by Crippen LogP contribution is -2.51. The second kappa shape index (κ2) is 6.20. The summed E-state index contributed by atoms with van der Waals surface area (Å²) in [6.07, 6.45) is 0. The maximum Gasteiger partial charge on any atom is 0.225 e. The first-order chi connectivity index (χ1) is 8.79. The number of likely N-dealkylation sites (N-methyl/N-ethyl adjacent to an activating group) is 1. The van der Waals surface area contributed by atoms with E-state index in [-0.39, 0.29) is 17.9 Å². The number of carbonyl (C=O) groups is 1. The molecule has 106 valence electrons. The maximum atomic E-state index is 12.4. The van der Waals surface area contributed by atoms with Crippen LogP contribution in [-0.4, -0.2) is 22.9 Å². The third-order valence-corrected chi connectivity index (χ3v) is 3.25. The van der Waals surface area contributed by atoms with Gasteiger partial charge in [-0.1, -0.05) is 44.2 Å². The molecular formula is C16H26N2O. The Kier molecular flexibility index (Phi) is 5.12. The fourth-order valence-corrected chi connectivity index (χ4v) is 2.44. The highest BCUT2D eigenvalue weighted by Gasteiger charge is 2.34. The van der Waals surface area contributed by atoms with E-state index in [1.807, 2.05) is 69.9 Å². The van der Waals surface area contributed by atoms with E-state index in [9.17, 15) is 4.79 Å². The van der Waals surface area contributed by atoms with E-state index in [2.05, 4.69) is 0 Å². The third-order valence-electron chi connectivity index (χ3n) is 3.25. The first kappa shape index (κ1) is 15.7. The average molecular weight is 262 g/mol. The number of amides is 1. The van der Waals surface area contributed by atoms with Gasteiger partial charge in [-0.3, -0.25) is 4.79 Å². The van der Waals surface area contributed by atoms with Crippen LogP contribution in [0.1, 0.15) is 46.2 Å². The Hall–Kier alpha value is -1.35. The Morgan fingerprint density at radius 2 is 1.79 bits per heavy atom. The molecule has 0 bridgehead atoms. The Morgan fingerprint density at radius 1 is 1.26 bits per heavy atom. The van der Waals surface area contributed by atoms with Gasteiger partial charge in [0.2, 0.25) is 5.91 Å². The molecule has 2 N–H and O–H groups in total. The SMILES string of the molecule is CCN(C(=O)C(C)C)[C@@H](c1ccccc1)C(C)(C)N. The summed E-state index contributed by atoms with van der Waals surface area (Å²) in [5.41, 5.74) is 6.94. The molecule has 0 fully saturated rings. The van der Waals surface area contributed by atoms with Gasteiger partial charge in [-0.2, -0.15) is 0 Å². The molecular weight excluding hydrogens is 236 g/mol. The monoisotopic (exact) mass is 262 g/mol. The van der Waals surface area contributed by atoms with Crippen molar-refractivity contribution in [2.75, 3.05) is 6.54 Å². The molecule has 0 spiro atoms. The predicted molar refractivity (Wildman–Crippen MR) is 79.7 cm³/mol. The van der Waals surface area contributed by atoms with Crippen molar-refractivity contribution in [2.24, 2.45) is 11.7 Å². The second-order valence-electron chi connectivity index (χ2n) is 5.91. The first-order valence-corrected chi connectivity index (χ1v) is 6.93. The summed E-state index contributed by atoms with van der Waals surface area (Å²) in [7, 11) is 0. The molecule has 19 heavy (non-hydrogen) atoms. The van der Waals surface area contributed by atoms with Gasteiger partial charge in [-0.05, 0) is 26.3 Å². The standard InChI is InChI=1S/C16H26N2O/c1-6-18(15(19)12(2)3)14(16(4,5)17)13-10-8-7-9-11-13/h7-12,14H,6,17H2,1-5H3/t14-/m0/s1. The van der Waals surface area contributed by atoms with Crippen LogP contribution in [0.15, 0.2) is 30.3 Å². The van der Waals surface area contributed by atoms with Gasteiger partial charge < -0.3 is 10.6 Å². The highest BCUT2D eigenvalue weighted by atomic mass is 16.2. The van der Waals surface area contributed by atoms with Gasteiger partial charge in [-0.15, -0.1) is 0 Å². The van der Waals surface area contributed by atoms with Crippen molar-refractivity contribution in [1.82, 2.24) is 4.90 Å². The minimum atomic E-state index is -0.484. The molecule has 1 amide bonds. The molecule has 3 nitrogen and oxygen atoms in total. The zero-order valence-corrected chi connectivity index (χ0v) is 12.7. The van der Waals surface area contributed by atoms with E-state index in [4.69, 9.17) is 5.73 Å². The highest BCUT2D eigenvalue weighted by Crippen LogP contribution is 2.31. The Bertz CT molecular complexity index is 407. The predicted octanol–water partition coefficient (Wildman–Crippen LogP) is 2.97. The van der Waals surface area contributed by atoms with Crippen molar-refractivity contribution in [3.63, 3.8) is 0 Å². The van der Waals surface area contributed by atoms with Gasteiger partial charge >= 0.3 is 0 Å². The van der Waals surface area contributed by atoms with Crippen molar-refractivity contribution < 1.29 is 4.79 Å². The molecule has 0 aliphatic carbocycles. The zero-order chi connectivity index (χ0) is 14.6. The summed E-state index contributed by atoms with van der Waals surface area (Å²) in [6, 6.07) is 9.92. The summed E-state index contributed by atoms with van der Waals surface area (Å²) >= 11 is 0. The van der Waals surface area contributed by atoms with Gasteiger partial charge in [-0.25, -0.2) is 0 Å². The van der Waals surface area contributed by atoms with Crippen LogP contribution < -0.4 is 5.73 Å². The highest BCUT2D eigenvalue weighted by molar-refractivity contribution is 5.78. The first-order valence-electron chi connectivity index (χ1n) is 6.93. The molecule has 0 unspecified atom stereocenters. The van der Waals surface area contributed by atoms with Gasteiger partial charge in [0.05, 0.1) is 6.04 Å². The third kappa shape index (κ3) is 3.80. The quantitative estimate of drug-likeness (QED) is 0.886. The Balaban J connectivity index is 3.21. The molecule has 0 saturated carbocycles. The molecule has 0 aliphatic heterocycles. The minimum absolute atomic E-state index is 0.0199. The normalized spacial score (nSPS) is 13.4. The number of nitrogens with zero attached hydrogens (tertiary/aromatic N) is 1. The van der Waals surface area contributed by atoms with Crippen molar-refractivity contribution in [2.45, 2.75) is 46.2 Å². The Morgan fingerprint density at radius 3 is 2.16 bits per heavy atom. The number of benzene rings is 1. The molecule has 0 aliphatic rings. The lowest BCUT2D eigenvalue weighted by molar-refractivity contribution is -0.138. The molecule has 1 aromatic carbocycles. The van der Waals surface area contributed by atoms with Crippen molar-refractivity contribution in [3.8, 4) is 0 Å². The maximum absolute atomic E-state index is 12.4. The molecule has 3 heteroatoms. The van der Waals surface area contributed by atoms with E-state index in [1.165, 1.54) is 0 Å². The van der Waals surface area contributed by atoms with Gasteiger partial charge in [0, 0.05) is 18.0 Å². The number of hydrogen-bond acceptors (Lipinski definition) is 2. The summed E-state index contributed by atoms with van der Waals surface area (Å²) in [4.78, 5) is 14.3. The zero-order valence-electron chi connectivity index (χ0n) is 12.7. The van der Waals surface area contributed by atoms with Crippen molar-refractivity contribution in [3.05, 3.63) is 35.9 Å². The summed E-state index contributed by atoms with van der Waals surface area (Å²) in [5.74, 6) is 0.128. The van der Waals surface area contributed by atoms with E-state index >= 15 is 0 Å². The van der Waals surface area contributed by atoms with Crippen LogP contribution in [0.4, 0.5) is 0 Å². The average Bonchev–Trinajstić information content (AvgIpc) is 2.34. The van der Waals surface area contributed by atoms with Crippen LogP contribution in [0.3, 0.4) is 0 Å². The van der Waals surface area contributed by atoms with Crippen LogP contribution in [0.5, 0.6) is 0 Å². The molecule has 1 atom stereocenters. The van der Waals surface area contributed by atoms with Crippen LogP contribution in [0.2, 0.25) is 0 Å². The fraction of sp³-hybridized carbons (Fsp3) is 0.562. The summed E-state index contributed by atoms with van der Waals surface area (Å²) in [6.45, 7) is 10.5. The Labute approximate surface area is 116 Å². The van der Waals surface area contributed by atoms with E-state index in [0.29, 0.717) is 6.54 Å². The van der Waals surface area contributed by atoms with Gasteiger partial charge in [0.25, 0.3) is 0 Å². The fourth-order valence-electron chi connectivity index (χ4n) is 2.44. The van der Waals surface area contributed by atoms with Gasteiger partial charge in [0.15, 0.2) is 0 Å². The van der Waals surface area contributed by atoms with E-state index in [1.54, 1.807) is 0 Å². The topological polar surface area (TPSA) is 46.3 Å². The smallest absolute Gasteiger partial charge is 0.225 e. The molecule has 0 radical (unpaired) electrons. The second-order valence-corrected chi connectivity index (χ2v) is 5.91. The molecule has 1 rings (SSSR count).